The van der Waals surface area contributed by atoms with Gasteiger partial charge in [-0.25, -0.2) is 0 Å². The van der Waals surface area contributed by atoms with E-state index in [4.69, 9.17) is 18.9 Å². The zero-order valence-corrected chi connectivity index (χ0v) is 14.4. The van der Waals surface area contributed by atoms with E-state index in [1.165, 1.54) is 33.1 Å². The zero-order chi connectivity index (χ0) is 16.8. The third kappa shape index (κ3) is 9.80. The number of esters is 1. The van der Waals surface area contributed by atoms with Crippen LogP contribution in [0.15, 0.2) is 23.3 Å². The van der Waals surface area contributed by atoms with Crippen LogP contribution < -0.4 is 5.32 Å². The number of hydrogen-bond acceptors (Lipinski definition) is 8. The Morgan fingerprint density at radius 3 is 2.50 bits per heavy atom. The normalized spacial score (nSPS) is 12.8. The number of carbonyl (C=O) groups is 1. The van der Waals surface area contributed by atoms with Gasteiger partial charge in [-0.05, 0) is 13.1 Å². The van der Waals surface area contributed by atoms with E-state index >= 15 is 0 Å². The van der Waals surface area contributed by atoms with Crippen molar-refractivity contribution in [1.82, 2.24) is 5.32 Å². The summed E-state index contributed by atoms with van der Waals surface area (Å²) in [4.78, 5) is 11.8. The van der Waals surface area contributed by atoms with E-state index in [1.54, 1.807) is 13.1 Å². The molecule has 0 aliphatic heterocycles. The quantitative estimate of drug-likeness (QED) is 0.235. The summed E-state index contributed by atoms with van der Waals surface area (Å²) in [6, 6.07) is 0. The molecule has 0 spiro atoms. The van der Waals surface area contributed by atoms with Gasteiger partial charge in [-0.15, -0.1) is 11.8 Å². The molecule has 0 aliphatic carbocycles. The first-order chi connectivity index (χ1) is 10.6. The highest BCUT2D eigenvalue weighted by Crippen LogP contribution is 2.20. The summed E-state index contributed by atoms with van der Waals surface area (Å²) < 4.78 is 25.3. The van der Waals surface area contributed by atoms with Crippen molar-refractivity contribution in [2.45, 2.75) is 12.6 Å². The minimum atomic E-state index is -0.493. The van der Waals surface area contributed by atoms with Crippen LogP contribution in [0.3, 0.4) is 0 Å². The third-order valence-corrected chi connectivity index (χ3v) is 3.24. The molecule has 0 amide bonds. The fourth-order valence-corrected chi connectivity index (χ4v) is 2.06. The van der Waals surface area contributed by atoms with Crippen molar-refractivity contribution in [3.63, 3.8) is 0 Å². The van der Waals surface area contributed by atoms with E-state index in [-0.39, 0.29) is 19.6 Å². The molecular formula is C14H25NO6S. The highest BCUT2D eigenvalue weighted by atomic mass is 32.2. The minimum Gasteiger partial charge on any atom is -0.469 e. The van der Waals surface area contributed by atoms with Gasteiger partial charge in [0.25, 0.3) is 0 Å². The maximum atomic E-state index is 11.1. The lowest BCUT2D eigenvalue weighted by atomic mass is 10.4. The number of methoxy groups -OCH3 is 3. The monoisotopic (exact) mass is 335 g/mol. The van der Waals surface area contributed by atoms with Crippen molar-refractivity contribution in [3.8, 4) is 0 Å². The number of hydrogen-bond donors (Lipinski definition) is 1. The van der Waals surface area contributed by atoms with Gasteiger partial charge in [0, 0.05) is 24.9 Å². The van der Waals surface area contributed by atoms with Crippen LogP contribution in [0.5, 0.6) is 0 Å². The van der Waals surface area contributed by atoms with E-state index in [2.05, 4.69) is 16.6 Å². The maximum Gasteiger partial charge on any atom is 0.306 e. The van der Waals surface area contributed by atoms with Gasteiger partial charge in [-0.3, -0.25) is 10.1 Å². The molecule has 1 atom stereocenters. The molecule has 0 aromatic carbocycles. The van der Waals surface area contributed by atoms with Crippen LogP contribution >= 0.6 is 11.8 Å². The van der Waals surface area contributed by atoms with E-state index in [1.807, 2.05) is 0 Å². The molecule has 0 aromatic rings. The number of allylic oxidation sites excluding steroid dienone is 1. The largest absolute Gasteiger partial charge is 0.469 e. The fraction of sp³-hybridized carbons (Fsp3) is 0.643. The first-order valence-corrected chi connectivity index (χ1v) is 7.57. The molecule has 0 radical (unpaired) electrons. The molecule has 128 valence electrons. The molecule has 1 unspecified atom stereocenters. The second-order valence-electron chi connectivity index (χ2n) is 3.98. The number of likely N-dealkylation sites (N-methyl/N-ethyl adjacent to an activating group) is 1. The van der Waals surface area contributed by atoms with Gasteiger partial charge in [0.2, 0.25) is 0 Å². The summed E-state index contributed by atoms with van der Waals surface area (Å²) in [5, 5.41) is 2.96. The molecule has 8 heteroatoms. The van der Waals surface area contributed by atoms with Gasteiger partial charge in [0.1, 0.15) is 12.6 Å². The topological polar surface area (TPSA) is 75.3 Å². The highest BCUT2D eigenvalue weighted by molar-refractivity contribution is 8.03. The summed E-state index contributed by atoms with van der Waals surface area (Å²) in [5.41, 5.74) is 0. The van der Waals surface area contributed by atoms with E-state index in [0.29, 0.717) is 17.9 Å². The molecule has 0 saturated heterocycles. The standard InChI is InChI=1S/C14H25NO6S/c1-11(22-7-6-13(16)19-5)8-12(20-9-17-3)14(15-2)21-10-18-4/h8,14-15H,1,6-7,9-10H2,2-5H3. The van der Waals surface area contributed by atoms with Crippen LogP contribution in [0.4, 0.5) is 0 Å². The van der Waals surface area contributed by atoms with Crippen molar-refractivity contribution < 1.29 is 28.5 Å². The number of thioether (sulfide) groups is 1. The zero-order valence-electron chi connectivity index (χ0n) is 13.5. The lowest BCUT2D eigenvalue weighted by Gasteiger charge is -2.20. The molecule has 0 rings (SSSR count). The van der Waals surface area contributed by atoms with Gasteiger partial charge in [0.15, 0.2) is 13.0 Å². The SMILES string of the molecule is C=C(C=C(OCOC)C(NC)OCOC)SCCC(=O)OC. The molecule has 22 heavy (non-hydrogen) atoms. The van der Waals surface area contributed by atoms with Crippen LogP contribution in [0, 0.1) is 0 Å². The highest BCUT2D eigenvalue weighted by Gasteiger charge is 2.15. The maximum absolute atomic E-state index is 11.1. The molecule has 0 heterocycles. The molecule has 0 aliphatic rings. The second kappa shape index (κ2) is 13.6. The Morgan fingerprint density at radius 1 is 1.27 bits per heavy atom. The Hall–Kier alpha value is -1.06. The number of nitrogens with one attached hydrogen (secondary N) is 1. The van der Waals surface area contributed by atoms with E-state index < -0.39 is 6.23 Å². The predicted octanol–water partition coefficient (Wildman–Crippen LogP) is 1.47. The van der Waals surface area contributed by atoms with Gasteiger partial charge < -0.3 is 23.7 Å². The predicted molar refractivity (Wildman–Crippen MR) is 85.1 cm³/mol. The fourth-order valence-electron chi connectivity index (χ4n) is 1.33. The number of carbonyl (C=O) groups excluding carboxylic acids is 1. The Balaban J connectivity index is 4.61. The van der Waals surface area contributed by atoms with Crippen LogP contribution in [0.1, 0.15) is 6.42 Å². The molecule has 0 aromatic heterocycles. The van der Waals surface area contributed by atoms with Crippen LogP contribution in [0.2, 0.25) is 0 Å². The van der Waals surface area contributed by atoms with Gasteiger partial charge >= 0.3 is 5.97 Å². The molecular weight excluding hydrogens is 310 g/mol. The first kappa shape index (κ1) is 20.9. The van der Waals surface area contributed by atoms with Crippen molar-refractivity contribution in [1.29, 1.82) is 0 Å². The first-order valence-electron chi connectivity index (χ1n) is 6.58. The van der Waals surface area contributed by atoms with Crippen molar-refractivity contribution >= 4 is 17.7 Å². The molecule has 0 fully saturated rings. The number of rotatable bonds is 13. The summed E-state index contributed by atoms with van der Waals surface area (Å²) in [6.45, 7) is 4.12. The Labute approximate surface area is 136 Å². The second-order valence-corrected chi connectivity index (χ2v) is 5.20. The molecule has 1 N–H and O–H groups in total. The molecule has 0 bridgehead atoms. The van der Waals surface area contributed by atoms with Gasteiger partial charge in [0.05, 0.1) is 13.5 Å². The summed E-state index contributed by atoms with van der Waals surface area (Å²) in [5.74, 6) is 0.830. The van der Waals surface area contributed by atoms with Crippen molar-refractivity contribution in [2.75, 3.05) is 47.7 Å². The van der Waals surface area contributed by atoms with Crippen LogP contribution in [-0.2, 0) is 28.5 Å². The van der Waals surface area contributed by atoms with Crippen LogP contribution in [-0.4, -0.2) is 59.9 Å². The van der Waals surface area contributed by atoms with Crippen LogP contribution in [0.25, 0.3) is 0 Å². The molecule has 7 nitrogen and oxygen atoms in total. The summed E-state index contributed by atoms with van der Waals surface area (Å²) in [6.07, 6.45) is 1.56. The minimum absolute atomic E-state index is 0.0838. The Morgan fingerprint density at radius 2 is 1.95 bits per heavy atom. The van der Waals surface area contributed by atoms with Crippen molar-refractivity contribution in [2.24, 2.45) is 0 Å². The average molecular weight is 335 g/mol. The van der Waals surface area contributed by atoms with Gasteiger partial charge in [-0.2, -0.15) is 0 Å². The van der Waals surface area contributed by atoms with Crippen molar-refractivity contribution in [3.05, 3.63) is 23.3 Å². The summed E-state index contributed by atoms with van der Waals surface area (Å²) in [7, 11) is 6.16. The lowest BCUT2D eigenvalue weighted by Crippen LogP contribution is -2.32. The Bertz CT molecular complexity index is 361. The molecule has 0 saturated carbocycles. The number of ether oxygens (including phenoxy) is 5. The third-order valence-electron chi connectivity index (χ3n) is 2.34. The van der Waals surface area contributed by atoms with E-state index in [0.717, 1.165) is 4.91 Å². The Kier molecular flexibility index (Phi) is 12.9. The lowest BCUT2D eigenvalue weighted by molar-refractivity contribution is -0.140. The summed E-state index contributed by atoms with van der Waals surface area (Å²) >= 11 is 1.43. The smallest absolute Gasteiger partial charge is 0.306 e. The average Bonchev–Trinajstić information content (AvgIpc) is 2.52. The van der Waals surface area contributed by atoms with Gasteiger partial charge in [-0.1, -0.05) is 6.58 Å². The van der Waals surface area contributed by atoms with E-state index in [9.17, 15) is 4.79 Å².